The first-order valence-electron chi connectivity index (χ1n) is 21.3. The summed E-state index contributed by atoms with van der Waals surface area (Å²) in [6.45, 7) is 4.79. The predicted molar refractivity (Wildman–Crippen MR) is 249 cm³/mol. The number of rotatable bonds is 4. The Labute approximate surface area is 352 Å². The minimum atomic E-state index is -0.506. The zero-order valence-corrected chi connectivity index (χ0v) is 33.9. The van der Waals surface area contributed by atoms with Crippen LogP contribution in [0.3, 0.4) is 0 Å². The van der Waals surface area contributed by atoms with Gasteiger partial charge in [0.05, 0.1) is 16.8 Å². The van der Waals surface area contributed by atoms with Crippen molar-refractivity contribution in [3.63, 3.8) is 0 Å². The number of allylic oxidation sites excluding steroid dienone is 4. The first-order chi connectivity index (χ1) is 29.5. The van der Waals surface area contributed by atoms with E-state index in [1.807, 2.05) is 0 Å². The summed E-state index contributed by atoms with van der Waals surface area (Å²) in [5, 5.41) is 2.61. The summed E-state index contributed by atoms with van der Waals surface area (Å²) in [6, 6.07) is 65.7. The molecule has 4 aliphatic carbocycles. The van der Waals surface area contributed by atoms with Crippen LogP contribution >= 0.6 is 0 Å². The van der Waals surface area contributed by atoms with Gasteiger partial charge in [-0.3, -0.25) is 0 Å². The SMILES string of the molecule is CC1(C)c2ccccc2C2(c3ccc(-c4ccc5c(c4)=CC4=CC=CCC4C=5)cc3-c3c(-c4cc(-c5ccccc5)nc(-c5ccccc5)c4)cccc32)c2ccccc21. The van der Waals surface area contributed by atoms with Crippen LogP contribution in [0.2, 0.25) is 0 Å². The summed E-state index contributed by atoms with van der Waals surface area (Å²) >= 11 is 0. The second kappa shape index (κ2) is 13.2. The summed E-state index contributed by atoms with van der Waals surface area (Å²) in [4.78, 5) is 5.30. The number of pyridine rings is 1. The molecule has 0 saturated carbocycles. The fraction of sp³-hybridized carbons (Fsp3) is 0.102. The lowest BCUT2D eigenvalue weighted by Gasteiger charge is -2.46. The highest BCUT2D eigenvalue weighted by atomic mass is 14.7. The number of hydrogen-bond acceptors (Lipinski definition) is 1. The largest absolute Gasteiger partial charge is 0.248 e. The lowest BCUT2D eigenvalue weighted by molar-refractivity contribution is 0.563. The van der Waals surface area contributed by atoms with Gasteiger partial charge in [-0.15, -0.1) is 0 Å². The predicted octanol–water partition coefficient (Wildman–Crippen LogP) is 12.8. The van der Waals surface area contributed by atoms with Gasteiger partial charge in [0, 0.05) is 22.5 Å². The van der Waals surface area contributed by atoms with Crippen molar-refractivity contribution in [2.75, 3.05) is 0 Å². The molecular formula is C59H43N. The summed E-state index contributed by atoms with van der Waals surface area (Å²) in [6.07, 6.45) is 12.7. The highest BCUT2D eigenvalue weighted by molar-refractivity contribution is 5.98. The third kappa shape index (κ3) is 5.09. The van der Waals surface area contributed by atoms with E-state index in [4.69, 9.17) is 4.98 Å². The summed E-state index contributed by atoms with van der Waals surface area (Å²) < 4.78 is 0. The van der Waals surface area contributed by atoms with Crippen LogP contribution in [0.5, 0.6) is 0 Å². The molecule has 1 heteroatoms. The molecule has 1 atom stereocenters. The number of nitrogens with zero attached hydrogens (tertiary/aromatic N) is 1. The minimum absolute atomic E-state index is 0.168. The molecule has 284 valence electrons. The number of benzene rings is 7. The quantitative estimate of drug-likeness (QED) is 0.174. The number of hydrogen-bond donors (Lipinski definition) is 0. The molecule has 60 heavy (non-hydrogen) atoms. The van der Waals surface area contributed by atoms with E-state index in [9.17, 15) is 0 Å². The molecule has 0 fully saturated rings. The van der Waals surface area contributed by atoms with Crippen molar-refractivity contribution in [1.29, 1.82) is 0 Å². The van der Waals surface area contributed by atoms with Crippen molar-refractivity contribution in [2.45, 2.75) is 31.1 Å². The Bertz CT molecular complexity index is 3150. The number of aromatic nitrogens is 1. The summed E-state index contributed by atoms with van der Waals surface area (Å²) in [5.74, 6) is 0.462. The van der Waals surface area contributed by atoms with Crippen molar-refractivity contribution >= 4 is 12.2 Å². The van der Waals surface area contributed by atoms with E-state index in [2.05, 4.69) is 220 Å². The second-order valence-corrected chi connectivity index (χ2v) is 17.4. The van der Waals surface area contributed by atoms with E-state index < -0.39 is 5.41 Å². The Balaban J connectivity index is 1.16. The maximum absolute atomic E-state index is 5.30. The smallest absolute Gasteiger partial charge is 0.0719 e. The lowest BCUT2D eigenvalue weighted by atomic mass is 9.55. The summed E-state index contributed by atoms with van der Waals surface area (Å²) in [5.41, 5.74) is 20.5. The molecule has 7 aromatic carbocycles. The van der Waals surface area contributed by atoms with Crippen LogP contribution < -0.4 is 10.4 Å². The van der Waals surface area contributed by atoms with Crippen LogP contribution in [0.4, 0.5) is 0 Å². The molecule has 1 spiro atoms. The third-order valence-electron chi connectivity index (χ3n) is 13.8. The molecule has 4 aliphatic rings. The molecule has 0 saturated heterocycles. The Morgan fingerprint density at radius 3 is 1.75 bits per heavy atom. The summed E-state index contributed by atoms with van der Waals surface area (Å²) in [7, 11) is 0. The topological polar surface area (TPSA) is 12.9 Å². The first-order valence-corrected chi connectivity index (χ1v) is 21.3. The minimum Gasteiger partial charge on any atom is -0.248 e. The van der Waals surface area contributed by atoms with Gasteiger partial charge >= 0.3 is 0 Å². The fourth-order valence-corrected chi connectivity index (χ4v) is 11.0. The second-order valence-electron chi connectivity index (χ2n) is 17.4. The highest BCUT2D eigenvalue weighted by Crippen LogP contribution is 2.63. The van der Waals surface area contributed by atoms with Gasteiger partial charge in [-0.25, -0.2) is 4.98 Å². The van der Waals surface area contributed by atoms with Crippen molar-refractivity contribution < 1.29 is 0 Å². The van der Waals surface area contributed by atoms with E-state index in [0.29, 0.717) is 5.92 Å². The van der Waals surface area contributed by atoms with Gasteiger partial charge in [0.15, 0.2) is 0 Å². The molecule has 0 aliphatic heterocycles. The Morgan fingerprint density at radius 1 is 0.467 bits per heavy atom. The van der Waals surface area contributed by atoms with Crippen LogP contribution in [0, 0.1) is 5.92 Å². The Kier molecular flexibility index (Phi) is 7.69. The lowest BCUT2D eigenvalue weighted by Crippen LogP contribution is -2.40. The van der Waals surface area contributed by atoms with Crippen LogP contribution in [-0.4, -0.2) is 4.98 Å². The third-order valence-corrected chi connectivity index (χ3v) is 13.8. The normalized spacial score (nSPS) is 16.8. The molecule has 1 unspecified atom stereocenters. The van der Waals surface area contributed by atoms with Crippen molar-refractivity contribution in [2.24, 2.45) is 5.92 Å². The molecule has 1 aromatic heterocycles. The van der Waals surface area contributed by atoms with Crippen molar-refractivity contribution in [3.8, 4) is 55.9 Å². The van der Waals surface area contributed by atoms with Crippen molar-refractivity contribution in [1.82, 2.24) is 4.98 Å². The zero-order chi connectivity index (χ0) is 40.0. The van der Waals surface area contributed by atoms with Gasteiger partial charge in [-0.2, -0.15) is 0 Å². The fourth-order valence-electron chi connectivity index (χ4n) is 11.0. The van der Waals surface area contributed by atoms with Gasteiger partial charge in [-0.05, 0) is 113 Å². The standard InChI is InChI=1S/C59H43N/c1-58(2)50-23-11-13-25-52(50)59(53-26-14-12-24-51(53)58)49-31-30-44(42-28-29-43-32-40-20-9-10-21-41(40)33-45(43)34-42)35-48(49)57-47(22-15-27-54(57)59)46-36-55(38-16-5-3-6-17-38)60-56(37-46)39-18-7-4-8-19-39/h3-19,21-37,40H,20H2,1-2H3. The average Bonchev–Trinajstić information content (AvgIpc) is 3.61. The van der Waals surface area contributed by atoms with Crippen LogP contribution in [0.15, 0.2) is 200 Å². The van der Waals surface area contributed by atoms with Gasteiger partial charge in [0.2, 0.25) is 0 Å². The molecule has 12 rings (SSSR count). The maximum atomic E-state index is 5.30. The van der Waals surface area contributed by atoms with E-state index in [1.165, 1.54) is 77.2 Å². The monoisotopic (exact) mass is 765 g/mol. The Hall–Kier alpha value is -7.09. The molecule has 0 radical (unpaired) electrons. The van der Waals surface area contributed by atoms with Gasteiger partial charge in [0.25, 0.3) is 0 Å². The Morgan fingerprint density at radius 2 is 1.07 bits per heavy atom. The van der Waals surface area contributed by atoms with Crippen molar-refractivity contribution in [3.05, 3.63) is 244 Å². The van der Waals surface area contributed by atoms with Crippen LogP contribution in [-0.2, 0) is 10.8 Å². The molecular weight excluding hydrogens is 723 g/mol. The first kappa shape index (κ1) is 34.9. The highest BCUT2D eigenvalue weighted by Gasteiger charge is 2.53. The van der Waals surface area contributed by atoms with Crippen LogP contribution in [0.25, 0.3) is 68.0 Å². The molecule has 8 aromatic rings. The molecule has 0 amide bonds. The maximum Gasteiger partial charge on any atom is 0.0719 e. The molecule has 0 bridgehead atoms. The van der Waals surface area contributed by atoms with E-state index in [1.54, 1.807) is 0 Å². The number of fused-ring (bicyclic) bond motifs is 11. The molecule has 1 heterocycles. The van der Waals surface area contributed by atoms with Crippen LogP contribution in [0.1, 0.15) is 53.6 Å². The van der Waals surface area contributed by atoms with Gasteiger partial charge in [0.1, 0.15) is 0 Å². The average molecular weight is 766 g/mol. The zero-order valence-electron chi connectivity index (χ0n) is 33.9. The van der Waals surface area contributed by atoms with E-state index in [-0.39, 0.29) is 5.41 Å². The van der Waals surface area contributed by atoms with E-state index in [0.717, 1.165) is 34.5 Å². The molecule has 1 nitrogen and oxygen atoms in total. The van der Waals surface area contributed by atoms with E-state index >= 15 is 0 Å². The van der Waals surface area contributed by atoms with Gasteiger partial charge in [-0.1, -0.05) is 196 Å². The van der Waals surface area contributed by atoms with Gasteiger partial charge < -0.3 is 0 Å². The molecule has 0 N–H and O–H groups in total.